The van der Waals surface area contributed by atoms with Crippen molar-refractivity contribution in [2.45, 2.75) is 32.4 Å². The number of hydrogen-bond donors (Lipinski definition) is 1. The Morgan fingerprint density at radius 3 is 2.47 bits per heavy atom. The second-order valence-corrected chi connectivity index (χ2v) is 4.84. The third-order valence-corrected chi connectivity index (χ3v) is 3.24. The first-order chi connectivity index (χ1) is 8.08. The lowest BCUT2D eigenvalue weighted by Gasteiger charge is -2.20. The molecule has 4 heteroatoms. The number of carbonyl (C=O) groups excluding carboxylic acids is 1. The first kappa shape index (κ1) is 14.2. The quantitative estimate of drug-likeness (QED) is 0.849. The van der Waals surface area contributed by atoms with Crippen LogP contribution in [-0.4, -0.2) is 19.1 Å². The van der Waals surface area contributed by atoms with E-state index in [4.69, 9.17) is 4.74 Å². The van der Waals surface area contributed by atoms with Gasteiger partial charge in [0.15, 0.2) is 0 Å². The zero-order valence-corrected chi connectivity index (χ0v) is 12.0. The largest absolute Gasteiger partial charge is 0.468 e. The highest BCUT2D eigenvalue weighted by Crippen LogP contribution is 2.17. The monoisotopic (exact) mass is 299 g/mol. The molecule has 0 aliphatic rings. The molecule has 94 valence electrons. The van der Waals surface area contributed by atoms with Gasteiger partial charge >= 0.3 is 5.97 Å². The van der Waals surface area contributed by atoms with Gasteiger partial charge in [-0.05, 0) is 31.0 Å². The highest BCUT2D eigenvalue weighted by molar-refractivity contribution is 9.10. The predicted octanol–water partition coefficient (Wildman–Crippen LogP) is 3.05. The van der Waals surface area contributed by atoms with Gasteiger partial charge < -0.3 is 4.74 Å². The van der Waals surface area contributed by atoms with Crippen molar-refractivity contribution in [1.29, 1.82) is 0 Å². The second kappa shape index (κ2) is 6.77. The van der Waals surface area contributed by atoms with Gasteiger partial charge in [0.2, 0.25) is 0 Å². The highest BCUT2D eigenvalue weighted by atomic mass is 79.9. The number of halogens is 1. The maximum absolute atomic E-state index is 11.5. The van der Waals surface area contributed by atoms with Crippen LogP contribution in [0.1, 0.15) is 31.9 Å². The van der Waals surface area contributed by atoms with Gasteiger partial charge in [-0.25, -0.2) is 0 Å². The Hall–Kier alpha value is -0.870. The van der Waals surface area contributed by atoms with E-state index in [1.807, 2.05) is 38.1 Å². The summed E-state index contributed by atoms with van der Waals surface area (Å²) in [7, 11) is 1.41. The van der Waals surface area contributed by atoms with Crippen molar-refractivity contribution in [1.82, 2.24) is 5.32 Å². The van der Waals surface area contributed by atoms with Crippen LogP contribution in [0.3, 0.4) is 0 Å². The van der Waals surface area contributed by atoms with E-state index in [0.29, 0.717) is 6.42 Å². The second-order valence-electron chi connectivity index (χ2n) is 3.92. The molecule has 17 heavy (non-hydrogen) atoms. The van der Waals surface area contributed by atoms with Crippen LogP contribution in [0.4, 0.5) is 0 Å². The summed E-state index contributed by atoms with van der Waals surface area (Å²) in [5, 5.41) is 3.26. The van der Waals surface area contributed by atoms with Crippen LogP contribution in [0.25, 0.3) is 0 Å². The normalized spacial score (nSPS) is 14.1. The molecular weight excluding hydrogens is 282 g/mol. The van der Waals surface area contributed by atoms with Crippen molar-refractivity contribution in [2.24, 2.45) is 0 Å². The Balaban J connectivity index is 2.67. The molecule has 1 rings (SSSR count). The van der Waals surface area contributed by atoms with Crippen LogP contribution < -0.4 is 5.32 Å². The number of hydrogen-bond acceptors (Lipinski definition) is 3. The Morgan fingerprint density at radius 1 is 1.41 bits per heavy atom. The number of ether oxygens (including phenoxy) is 1. The van der Waals surface area contributed by atoms with E-state index in [1.54, 1.807) is 0 Å². The lowest BCUT2D eigenvalue weighted by Crippen LogP contribution is -2.38. The average Bonchev–Trinajstić information content (AvgIpc) is 2.35. The number of carbonyl (C=O) groups is 1. The summed E-state index contributed by atoms with van der Waals surface area (Å²) in [4.78, 5) is 11.5. The Bertz CT molecular complexity index is 364. The molecule has 0 fully saturated rings. The molecule has 0 amide bonds. The third-order valence-electron chi connectivity index (χ3n) is 2.72. The SMILES string of the molecule is CCC(N[C@H](C)c1ccc(Br)cc1)C(=O)OC. The first-order valence-corrected chi connectivity index (χ1v) is 6.47. The van der Waals surface area contributed by atoms with Crippen LogP contribution in [0.5, 0.6) is 0 Å². The Labute approximate surface area is 111 Å². The molecule has 0 spiro atoms. The van der Waals surface area contributed by atoms with Crippen LogP contribution in [-0.2, 0) is 9.53 Å². The van der Waals surface area contributed by atoms with Crippen LogP contribution >= 0.6 is 15.9 Å². The highest BCUT2D eigenvalue weighted by Gasteiger charge is 2.19. The maximum atomic E-state index is 11.5. The van der Waals surface area contributed by atoms with E-state index in [2.05, 4.69) is 21.2 Å². The van der Waals surface area contributed by atoms with Gasteiger partial charge in [-0.1, -0.05) is 35.0 Å². The van der Waals surface area contributed by atoms with Crippen molar-refractivity contribution in [3.8, 4) is 0 Å². The molecule has 0 saturated carbocycles. The van der Waals surface area contributed by atoms with Gasteiger partial charge in [0.1, 0.15) is 6.04 Å². The zero-order valence-electron chi connectivity index (χ0n) is 10.4. The lowest BCUT2D eigenvalue weighted by atomic mass is 10.1. The van der Waals surface area contributed by atoms with Crippen molar-refractivity contribution in [2.75, 3.05) is 7.11 Å². The van der Waals surface area contributed by atoms with Crippen LogP contribution in [0.15, 0.2) is 28.7 Å². The molecule has 1 unspecified atom stereocenters. The molecule has 1 aromatic carbocycles. The van der Waals surface area contributed by atoms with E-state index in [9.17, 15) is 4.79 Å². The molecular formula is C13H18BrNO2. The molecule has 0 saturated heterocycles. The van der Waals surface area contributed by atoms with E-state index >= 15 is 0 Å². The third kappa shape index (κ3) is 4.13. The minimum atomic E-state index is -0.251. The van der Waals surface area contributed by atoms with E-state index < -0.39 is 0 Å². The van der Waals surface area contributed by atoms with Gasteiger partial charge in [-0.3, -0.25) is 10.1 Å². The van der Waals surface area contributed by atoms with Crippen LogP contribution in [0.2, 0.25) is 0 Å². The summed E-state index contributed by atoms with van der Waals surface area (Å²) < 4.78 is 5.80. The molecule has 0 aliphatic heterocycles. The van der Waals surface area contributed by atoms with Crippen LogP contribution in [0, 0.1) is 0 Å². The summed E-state index contributed by atoms with van der Waals surface area (Å²) in [5.74, 6) is -0.212. The fraction of sp³-hybridized carbons (Fsp3) is 0.462. The van der Waals surface area contributed by atoms with E-state index in [0.717, 1.165) is 10.0 Å². The summed E-state index contributed by atoms with van der Waals surface area (Å²) in [5.41, 5.74) is 1.15. The summed E-state index contributed by atoms with van der Waals surface area (Å²) in [6, 6.07) is 7.92. The Morgan fingerprint density at radius 2 is 2.00 bits per heavy atom. The minimum absolute atomic E-state index is 0.118. The van der Waals surface area contributed by atoms with Crippen molar-refractivity contribution >= 4 is 21.9 Å². The maximum Gasteiger partial charge on any atom is 0.322 e. The van der Waals surface area contributed by atoms with E-state index in [1.165, 1.54) is 7.11 Å². The summed E-state index contributed by atoms with van der Waals surface area (Å²) in [6.45, 7) is 4.00. The molecule has 1 aromatic rings. The fourth-order valence-corrected chi connectivity index (χ4v) is 1.91. The van der Waals surface area contributed by atoms with Gasteiger partial charge in [0.05, 0.1) is 7.11 Å². The molecule has 0 radical (unpaired) electrons. The lowest BCUT2D eigenvalue weighted by molar-refractivity contribution is -0.143. The van der Waals surface area contributed by atoms with Gasteiger partial charge in [0.25, 0.3) is 0 Å². The number of methoxy groups -OCH3 is 1. The topological polar surface area (TPSA) is 38.3 Å². The smallest absolute Gasteiger partial charge is 0.322 e. The minimum Gasteiger partial charge on any atom is -0.468 e. The summed E-state index contributed by atoms with van der Waals surface area (Å²) >= 11 is 3.40. The average molecular weight is 300 g/mol. The molecule has 0 aromatic heterocycles. The number of benzene rings is 1. The standard InChI is InChI=1S/C13H18BrNO2/c1-4-12(13(16)17-3)15-9(2)10-5-7-11(14)8-6-10/h5-9,12,15H,4H2,1-3H3/t9-,12?/m1/s1. The molecule has 3 nitrogen and oxygen atoms in total. The number of nitrogens with one attached hydrogen (secondary N) is 1. The fourth-order valence-electron chi connectivity index (χ4n) is 1.64. The van der Waals surface area contributed by atoms with E-state index in [-0.39, 0.29) is 18.1 Å². The molecule has 2 atom stereocenters. The van der Waals surface area contributed by atoms with Crippen molar-refractivity contribution < 1.29 is 9.53 Å². The number of esters is 1. The van der Waals surface area contributed by atoms with Crippen molar-refractivity contribution in [3.63, 3.8) is 0 Å². The first-order valence-electron chi connectivity index (χ1n) is 5.67. The van der Waals surface area contributed by atoms with Gasteiger partial charge in [0, 0.05) is 10.5 Å². The Kier molecular flexibility index (Phi) is 5.65. The van der Waals surface area contributed by atoms with Crippen molar-refractivity contribution in [3.05, 3.63) is 34.3 Å². The zero-order chi connectivity index (χ0) is 12.8. The molecule has 0 aliphatic carbocycles. The molecule has 1 N–H and O–H groups in total. The predicted molar refractivity (Wildman–Crippen MR) is 71.8 cm³/mol. The molecule has 0 bridgehead atoms. The molecule has 0 heterocycles. The number of rotatable bonds is 5. The van der Waals surface area contributed by atoms with Gasteiger partial charge in [-0.2, -0.15) is 0 Å². The summed E-state index contributed by atoms with van der Waals surface area (Å²) in [6.07, 6.45) is 0.716. The van der Waals surface area contributed by atoms with Gasteiger partial charge in [-0.15, -0.1) is 0 Å².